The molecule has 5 atom stereocenters. The monoisotopic (exact) mass is 306 g/mol. The molecule has 1 aliphatic rings. The van der Waals surface area contributed by atoms with Gasteiger partial charge in [-0.25, -0.2) is 0 Å². The molecule has 1 saturated heterocycles. The number of primary amides is 1. The van der Waals surface area contributed by atoms with Crippen molar-refractivity contribution in [3.63, 3.8) is 0 Å². The molecule has 1 unspecified atom stereocenters. The molecule has 7 N–H and O–H groups in total. The van der Waals surface area contributed by atoms with Crippen LogP contribution in [-0.2, 0) is 14.3 Å². The highest BCUT2D eigenvalue weighted by Crippen LogP contribution is 2.19. The predicted octanol–water partition coefficient (Wildman–Crippen LogP) is -3.03. The molecule has 1 aliphatic heterocycles. The van der Waals surface area contributed by atoms with Crippen molar-refractivity contribution in [1.29, 1.82) is 0 Å². The van der Waals surface area contributed by atoms with Crippen LogP contribution >= 0.6 is 0 Å². The van der Waals surface area contributed by atoms with Crippen LogP contribution in [-0.4, -0.2) is 69.5 Å². The highest BCUT2D eigenvalue weighted by Gasteiger charge is 2.43. The lowest BCUT2D eigenvalue weighted by atomic mass is 9.97. The van der Waals surface area contributed by atoms with Crippen molar-refractivity contribution in [1.82, 2.24) is 5.32 Å². The molecule has 0 radical (unpaired) electrons. The molecule has 0 saturated carbocycles. The van der Waals surface area contributed by atoms with Gasteiger partial charge in [-0.3, -0.25) is 9.59 Å². The Morgan fingerprint density at radius 3 is 2.05 bits per heavy atom. The number of aliphatic hydroxyl groups is 4. The van der Waals surface area contributed by atoms with Crippen molar-refractivity contribution < 1.29 is 34.8 Å². The summed E-state index contributed by atoms with van der Waals surface area (Å²) >= 11 is 0. The van der Waals surface area contributed by atoms with Gasteiger partial charge in [-0.05, 0) is 6.92 Å². The Balaban J connectivity index is 0.000000567. The van der Waals surface area contributed by atoms with E-state index in [1.807, 2.05) is 0 Å². The van der Waals surface area contributed by atoms with Crippen LogP contribution in [0.1, 0.15) is 13.8 Å². The van der Waals surface area contributed by atoms with Crippen molar-refractivity contribution >= 4 is 11.8 Å². The van der Waals surface area contributed by atoms with E-state index >= 15 is 0 Å². The normalized spacial score (nSPS) is 31.6. The molecule has 0 aromatic heterocycles. The first-order valence-electron chi connectivity index (χ1n) is 6.14. The van der Waals surface area contributed by atoms with Crippen LogP contribution in [0, 0.1) is 0 Å². The van der Waals surface area contributed by atoms with Crippen molar-refractivity contribution in [2.45, 2.75) is 44.5 Å². The Morgan fingerprint density at radius 2 is 1.71 bits per heavy atom. The predicted molar refractivity (Wildman–Crippen MR) is 71.6 cm³/mol. The van der Waals surface area contributed by atoms with Gasteiger partial charge in [-0.1, -0.05) is 6.58 Å². The van der Waals surface area contributed by atoms with E-state index in [0.717, 1.165) is 0 Å². The van der Waals surface area contributed by atoms with Gasteiger partial charge in [0.25, 0.3) is 0 Å². The van der Waals surface area contributed by atoms with Gasteiger partial charge in [0, 0.05) is 12.5 Å². The van der Waals surface area contributed by atoms with Crippen LogP contribution in [0.25, 0.3) is 0 Å². The number of nitrogens with two attached hydrogens (primary N) is 1. The standard InChI is InChI=1S/C8H15NO6.C4H7NO/c1-3(11)9-5-7(13)6(12)4(2-10)15-8(5)14;1-3(2)4(5)6/h4-8,10,12-14H,2H2,1H3,(H,9,11);1H2,2H3,(H2,5,6)/t4-,5-,6+,7-,8?;/m1./s1. The molecule has 1 fully saturated rings. The van der Waals surface area contributed by atoms with E-state index in [9.17, 15) is 24.9 Å². The Hall–Kier alpha value is -1.52. The molecule has 0 spiro atoms. The van der Waals surface area contributed by atoms with E-state index in [2.05, 4.69) is 11.9 Å². The van der Waals surface area contributed by atoms with Gasteiger partial charge in [-0.15, -0.1) is 0 Å². The lowest BCUT2D eigenvalue weighted by molar-refractivity contribution is -0.253. The molecule has 0 aliphatic carbocycles. The molecule has 21 heavy (non-hydrogen) atoms. The summed E-state index contributed by atoms with van der Waals surface area (Å²) in [6, 6.07) is -1.10. The lowest BCUT2D eigenvalue weighted by Gasteiger charge is -2.40. The quantitative estimate of drug-likeness (QED) is 0.302. The third kappa shape index (κ3) is 6.19. The average Bonchev–Trinajstić information content (AvgIpc) is 2.39. The number of aliphatic hydroxyl groups excluding tert-OH is 4. The molecule has 0 aromatic rings. The van der Waals surface area contributed by atoms with Crippen LogP contribution in [0.3, 0.4) is 0 Å². The molecular weight excluding hydrogens is 284 g/mol. The Labute approximate surface area is 122 Å². The summed E-state index contributed by atoms with van der Waals surface area (Å²) in [5, 5.41) is 39.4. The van der Waals surface area contributed by atoms with E-state index in [0.29, 0.717) is 5.57 Å². The first-order valence-corrected chi connectivity index (χ1v) is 6.14. The van der Waals surface area contributed by atoms with E-state index in [1.165, 1.54) is 6.92 Å². The van der Waals surface area contributed by atoms with E-state index in [1.54, 1.807) is 6.92 Å². The first-order chi connectivity index (χ1) is 9.61. The first kappa shape index (κ1) is 19.5. The number of hydrogen-bond donors (Lipinski definition) is 6. The maximum absolute atomic E-state index is 10.7. The molecule has 9 heteroatoms. The summed E-state index contributed by atoms with van der Waals surface area (Å²) in [7, 11) is 0. The average molecular weight is 306 g/mol. The minimum atomic E-state index is -1.45. The zero-order valence-electron chi connectivity index (χ0n) is 11.9. The summed E-state index contributed by atoms with van der Waals surface area (Å²) in [6.45, 7) is 5.54. The van der Waals surface area contributed by atoms with Crippen molar-refractivity contribution in [2.75, 3.05) is 6.61 Å². The number of nitrogens with one attached hydrogen (secondary N) is 1. The van der Waals surface area contributed by atoms with Crippen LogP contribution < -0.4 is 11.1 Å². The summed E-state index contributed by atoms with van der Waals surface area (Å²) in [6.07, 6.45) is -5.24. The van der Waals surface area contributed by atoms with Crippen LogP contribution in [0.5, 0.6) is 0 Å². The zero-order chi connectivity index (χ0) is 16.7. The Kier molecular flexibility index (Phi) is 8.07. The minimum Gasteiger partial charge on any atom is -0.394 e. The second kappa shape index (κ2) is 8.70. The third-order valence-corrected chi connectivity index (χ3v) is 2.69. The number of hydrogen-bond acceptors (Lipinski definition) is 7. The summed E-state index contributed by atoms with van der Waals surface area (Å²) in [4.78, 5) is 20.6. The van der Waals surface area contributed by atoms with Gasteiger partial charge < -0.3 is 36.2 Å². The molecule has 9 nitrogen and oxygen atoms in total. The molecule has 122 valence electrons. The number of carbonyl (C=O) groups excluding carboxylic acids is 2. The van der Waals surface area contributed by atoms with Crippen molar-refractivity contribution in [3.05, 3.63) is 12.2 Å². The smallest absolute Gasteiger partial charge is 0.243 e. The van der Waals surface area contributed by atoms with E-state index in [4.69, 9.17) is 15.6 Å². The van der Waals surface area contributed by atoms with Crippen LogP contribution in [0.2, 0.25) is 0 Å². The SMILES string of the molecule is C=C(C)C(N)=O.CC(=O)N[C@H]1C(O)O[C@H](CO)[C@H](O)[C@@H]1O. The van der Waals surface area contributed by atoms with Gasteiger partial charge >= 0.3 is 0 Å². The van der Waals surface area contributed by atoms with Gasteiger partial charge in [0.1, 0.15) is 24.4 Å². The third-order valence-electron chi connectivity index (χ3n) is 2.69. The lowest BCUT2D eigenvalue weighted by Crippen LogP contribution is -2.63. The second-order valence-electron chi connectivity index (χ2n) is 4.60. The highest BCUT2D eigenvalue weighted by atomic mass is 16.6. The topological polar surface area (TPSA) is 162 Å². The molecular formula is C12H22N2O7. The van der Waals surface area contributed by atoms with Gasteiger partial charge in [0.2, 0.25) is 11.8 Å². The van der Waals surface area contributed by atoms with Gasteiger partial charge in [0.15, 0.2) is 6.29 Å². The zero-order valence-corrected chi connectivity index (χ0v) is 11.9. The number of ether oxygens (including phenoxy) is 1. The second-order valence-corrected chi connectivity index (χ2v) is 4.60. The maximum atomic E-state index is 10.7. The van der Waals surface area contributed by atoms with Crippen LogP contribution in [0.15, 0.2) is 12.2 Å². The summed E-state index contributed by atoms with van der Waals surface area (Å²) in [5.41, 5.74) is 5.09. The molecule has 2 amide bonds. The minimum absolute atomic E-state index is 0.398. The highest BCUT2D eigenvalue weighted by molar-refractivity contribution is 5.90. The fraction of sp³-hybridized carbons (Fsp3) is 0.667. The van der Waals surface area contributed by atoms with Crippen molar-refractivity contribution in [2.24, 2.45) is 5.73 Å². The Morgan fingerprint density at radius 1 is 1.24 bits per heavy atom. The summed E-state index contributed by atoms with van der Waals surface area (Å²) in [5.74, 6) is -0.897. The number of rotatable bonds is 3. The Bertz CT molecular complexity index is 376. The number of carbonyl (C=O) groups is 2. The van der Waals surface area contributed by atoms with E-state index in [-0.39, 0.29) is 0 Å². The maximum Gasteiger partial charge on any atom is 0.243 e. The van der Waals surface area contributed by atoms with Crippen LogP contribution in [0.4, 0.5) is 0 Å². The largest absolute Gasteiger partial charge is 0.394 e. The van der Waals surface area contributed by atoms with Gasteiger partial charge in [-0.2, -0.15) is 0 Å². The molecule has 1 rings (SSSR count). The fourth-order valence-corrected chi connectivity index (χ4v) is 1.49. The molecule has 0 bridgehead atoms. The van der Waals surface area contributed by atoms with Gasteiger partial charge in [0.05, 0.1) is 6.61 Å². The molecule has 0 aromatic carbocycles. The van der Waals surface area contributed by atoms with Crippen molar-refractivity contribution in [3.8, 4) is 0 Å². The van der Waals surface area contributed by atoms with E-state index < -0.39 is 49.1 Å². The molecule has 1 heterocycles. The summed E-state index contributed by atoms with van der Waals surface area (Å²) < 4.78 is 4.81. The number of amides is 2. The fourth-order valence-electron chi connectivity index (χ4n) is 1.49.